The highest BCUT2D eigenvalue weighted by Gasteiger charge is 2.22. The number of nitrogens with one attached hydrogen (secondary N) is 1. The molecule has 0 aromatic carbocycles. The molecule has 2 rings (SSSR count). The third-order valence-electron chi connectivity index (χ3n) is 3.44. The predicted molar refractivity (Wildman–Crippen MR) is 84.7 cm³/mol. The van der Waals surface area contributed by atoms with Crippen molar-refractivity contribution < 1.29 is 4.74 Å². The molecule has 0 saturated carbocycles. The Morgan fingerprint density at radius 2 is 2.10 bits per heavy atom. The second kappa shape index (κ2) is 6.31. The fourth-order valence-electron chi connectivity index (χ4n) is 2.16. The lowest BCUT2D eigenvalue weighted by atomic mass is 9.95. The van der Waals surface area contributed by atoms with Gasteiger partial charge in [-0.25, -0.2) is 9.97 Å². The van der Waals surface area contributed by atoms with Crippen LogP contribution in [0.1, 0.15) is 45.0 Å². The highest BCUT2D eigenvalue weighted by atomic mass is 32.2. The van der Waals surface area contributed by atoms with Gasteiger partial charge in [-0.05, 0) is 19.8 Å². The first-order valence-electron chi connectivity index (χ1n) is 7.23. The topological polar surface area (TPSA) is 47.0 Å². The van der Waals surface area contributed by atoms with Crippen molar-refractivity contribution >= 4 is 17.6 Å². The van der Waals surface area contributed by atoms with E-state index in [1.165, 1.54) is 12.8 Å². The highest BCUT2D eigenvalue weighted by molar-refractivity contribution is 7.99. The summed E-state index contributed by atoms with van der Waals surface area (Å²) in [7, 11) is 1.91. The van der Waals surface area contributed by atoms with Gasteiger partial charge in [0.15, 0.2) is 0 Å². The fraction of sp³-hybridized carbons (Fsp3) is 0.733. The maximum Gasteiger partial charge on any atom is 0.137 e. The average Bonchev–Trinajstić information content (AvgIpc) is 2.89. The molecule has 0 radical (unpaired) electrons. The van der Waals surface area contributed by atoms with Crippen LogP contribution in [0.4, 0.5) is 5.82 Å². The Morgan fingerprint density at radius 1 is 1.35 bits per heavy atom. The minimum absolute atomic E-state index is 0.0432. The number of rotatable bonds is 4. The minimum Gasteiger partial charge on any atom is -0.377 e. The normalized spacial score (nSPS) is 19.4. The fourth-order valence-corrected chi connectivity index (χ4v) is 3.23. The van der Waals surface area contributed by atoms with Crippen LogP contribution >= 0.6 is 11.8 Å². The van der Waals surface area contributed by atoms with E-state index in [1.807, 2.05) is 7.05 Å². The van der Waals surface area contributed by atoms with E-state index in [9.17, 15) is 0 Å². The number of hydrogen-bond donors (Lipinski definition) is 1. The maximum atomic E-state index is 5.69. The molecular formula is C15H25N3OS. The molecule has 0 spiro atoms. The lowest BCUT2D eigenvalue weighted by molar-refractivity contribution is 0.129. The van der Waals surface area contributed by atoms with Crippen molar-refractivity contribution in [3.63, 3.8) is 0 Å². The van der Waals surface area contributed by atoms with Crippen molar-refractivity contribution in [1.29, 1.82) is 0 Å². The summed E-state index contributed by atoms with van der Waals surface area (Å²) >= 11 is 1.79. The van der Waals surface area contributed by atoms with Crippen molar-refractivity contribution in [2.45, 2.75) is 57.1 Å². The molecule has 0 amide bonds. The van der Waals surface area contributed by atoms with E-state index < -0.39 is 0 Å². The minimum atomic E-state index is -0.0432. The quantitative estimate of drug-likeness (QED) is 0.681. The second-order valence-corrected chi connectivity index (χ2v) is 7.28. The smallest absolute Gasteiger partial charge is 0.137 e. The zero-order chi connectivity index (χ0) is 14.8. The molecule has 0 bridgehead atoms. The van der Waals surface area contributed by atoms with Gasteiger partial charge in [-0.1, -0.05) is 20.8 Å². The van der Waals surface area contributed by atoms with Crippen LogP contribution in [0.2, 0.25) is 0 Å². The first-order chi connectivity index (χ1) is 9.41. The third kappa shape index (κ3) is 3.64. The molecule has 1 N–H and O–H groups in total. The molecule has 1 aliphatic rings. The highest BCUT2D eigenvalue weighted by Crippen LogP contribution is 2.30. The van der Waals surface area contributed by atoms with Crippen LogP contribution in [0.5, 0.6) is 0 Å². The molecule has 0 aliphatic carbocycles. The number of aromatic nitrogens is 2. The van der Waals surface area contributed by atoms with Crippen molar-refractivity contribution in [3.8, 4) is 0 Å². The molecule has 1 aliphatic heterocycles. The van der Waals surface area contributed by atoms with E-state index in [2.05, 4.69) is 38.0 Å². The van der Waals surface area contributed by atoms with E-state index in [0.29, 0.717) is 6.10 Å². The first kappa shape index (κ1) is 15.6. The Labute approximate surface area is 126 Å². The van der Waals surface area contributed by atoms with Crippen LogP contribution in [0.15, 0.2) is 5.03 Å². The summed E-state index contributed by atoms with van der Waals surface area (Å²) in [4.78, 5) is 9.41. The Balaban J connectivity index is 2.21. The molecule has 1 atom stereocenters. The number of anilines is 1. The SMILES string of the molecule is CNc1nc(C(C)(C)C)nc(SCC2CCCO2)c1C. The lowest BCUT2D eigenvalue weighted by Gasteiger charge is -2.20. The summed E-state index contributed by atoms with van der Waals surface area (Å²) in [6.07, 6.45) is 2.73. The number of thioether (sulfide) groups is 1. The van der Waals surface area contributed by atoms with E-state index in [0.717, 1.165) is 34.6 Å². The van der Waals surface area contributed by atoms with Gasteiger partial charge in [-0.15, -0.1) is 11.8 Å². The van der Waals surface area contributed by atoms with Crippen molar-refractivity contribution in [1.82, 2.24) is 9.97 Å². The zero-order valence-electron chi connectivity index (χ0n) is 13.1. The Bertz CT molecular complexity index is 465. The van der Waals surface area contributed by atoms with E-state index in [-0.39, 0.29) is 5.41 Å². The molecule has 2 heterocycles. The zero-order valence-corrected chi connectivity index (χ0v) is 13.9. The number of nitrogens with zero attached hydrogens (tertiary/aromatic N) is 2. The van der Waals surface area contributed by atoms with Gasteiger partial charge >= 0.3 is 0 Å². The van der Waals surface area contributed by atoms with Crippen LogP contribution in [-0.4, -0.2) is 35.5 Å². The predicted octanol–water partition coefficient (Wildman–Crippen LogP) is 3.40. The molecule has 1 fully saturated rings. The van der Waals surface area contributed by atoms with E-state index >= 15 is 0 Å². The first-order valence-corrected chi connectivity index (χ1v) is 8.21. The summed E-state index contributed by atoms with van der Waals surface area (Å²) < 4.78 is 5.69. The number of hydrogen-bond acceptors (Lipinski definition) is 5. The van der Waals surface area contributed by atoms with Crippen molar-refractivity contribution in [3.05, 3.63) is 11.4 Å². The summed E-state index contributed by atoms with van der Waals surface area (Å²) in [6.45, 7) is 9.42. The largest absolute Gasteiger partial charge is 0.377 e. The molecule has 112 valence electrons. The molecule has 1 aromatic heterocycles. The summed E-state index contributed by atoms with van der Waals surface area (Å²) in [5, 5.41) is 4.25. The van der Waals surface area contributed by atoms with Crippen LogP contribution in [0.3, 0.4) is 0 Å². The Hall–Kier alpha value is -0.810. The lowest BCUT2D eigenvalue weighted by Crippen LogP contribution is -2.18. The van der Waals surface area contributed by atoms with Crippen LogP contribution < -0.4 is 5.32 Å². The van der Waals surface area contributed by atoms with E-state index in [4.69, 9.17) is 9.72 Å². The van der Waals surface area contributed by atoms with Crippen LogP contribution in [0, 0.1) is 6.92 Å². The van der Waals surface area contributed by atoms with Crippen molar-refractivity contribution in [2.24, 2.45) is 0 Å². The third-order valence-corrected chi connectivity index (χ3v) is 4.65. The molecule has 5 heteroatoms. The molecule has 4 nitrogen and oxygen atoms in total. The van der Waals surface area contributed by atoms with Gasteiger partial charge < -0.3 is 10.1 Å². The van der Waals surface area contributed by atoms with Crippen molar-refractivity contribution in [2.75, 3.05) is 24.7 Å². The van der Waals surface area contributed by atoms with Gasteiger partial charge in [-0.2, -0.15) is 0 Å². The van der Waals surface area contributed by atoms with Gasteiger partial charge in [0.2, 0.25) is 0 Å². The van der Waals surface area contributed by atoms with Gasteiger partial charge in [0.25, 0.3) is 0 Å². The van der Waals surface area contributed by atoms with E-state index in [1.54, 1.807) is 11.8 Å². The monoisotopic (exact) mass is 295 g/mol. The number of ether oxygens (including phenoxy) is 1. The maximum absolute atomic E-state index is 5.69. The summed E-state index contributed by atoms with van der Waals surface area (Å²) in [6, 6.07) is 0. The molecule has 1 unspecified atom stereocenters. The van der Waals surface area contributed by atoms with Crippen LogP contribution in [-0.2, 0) is 10.2 Å². The molecular weight excluding hydrogens is 270 g/mol. The van der Waals surface area contributed by atoms with Crippen LogP contribution in [0.25, 0.3) is 0 Å². The standard InChI is InChI=1S/C15H25N3OS/c1-10-12(16-5)17-14(15(2,3)4)18-13(10)20-9-11-7-6-8-19-11/h11H,6-9H2,1-5H3,(H,16,17,18). The molecule has 1 aromatic rings. The van der Waals surface area contributed by atoms with Gasteiger partial charge in [0.1, 0.15) is 16.7 Å². The summed E-state index contributed by atoms with van der Waals surface area (Å²) in [5.41, 5.74) is 1.09. The molecule has 1 saturated heterocycles. The van der Waals surface area contributed by atoms with Gasteiger partial charge in [0, 0.05) is 30.4 Å². The Morgan fingerprint density at radius 3 is 2.65 bits per heavy atom. The second-order valence-electron chi connectivity index (χ2n) is 6.27. The average molecular weight is 295 g/mol. The van der Waals surface area contributed by atoms with Gasteiger partial charge in [-0.3, -0.25) is 0 Å². The molecule has 20 heavy (non-hydrogen) atoms. The Kier molecular flexibility index (Phi) is 4.91. The summed E-state index contributed by atoms with van der Waals surface area (Å²) in [5.74, 6) is 2.80. The van der Waals surface area contributed by atoms with Gasteiger partial charge in [0.05, 0.1) is 6.10 Å².